The maximum absolute atomic E-state index is 12.1. The molecule has 0 N–H and O–H groups in total. The van der Waals surface area contributed by atoms with Gasteiger partial charge in [0.1, 0.15) is 5.04 Å². The second-order valence-electron chi connectivity index (χ2n) is 6.02. The lowest BCUT2D eigenvalue weighted by atomic mass is 10.0. The summed E-state index contributed by atoms with van der Waals surface area (Å²) in [4.78, 5) is 17.0. The van der Waals surface area contributed by atoms with E-state index in [1.807, 2.05) is 37.3 Å². The Hall–Kier alpha value is -2.13. The minimum atomic E-state index is -0.154. The van der Waals surface area contributed by atoms with Crippen LogP contribution in [0, 0.1) is 6.92 Å². The van der Waals surface area contributed by atoms with Gasteiger partial charge in [0.05, 0.1) is 4.91 Å². The highest BCUT2D eigenvalue weighted by atomic mass is 32.2. The van der Waals surface area contributed by atoms with E-state index in [2.05, 4.69) is 43.1 Å². The summed E-state index contributed by atoms with van der Waals surface area (Å²) in [6.07, 6.45) is 1.92. The fourth-order valence-electron chi connectivity index (χ4n) is 2.36. The molecular weight excluding hydrogens is 302 g/mol. The van der Waals surface area contributed by atoms with E-state index in [9.17, 15) is 4.79 Å². The highest BCUT2D eigenvalue weighted by Crippen LogP contribution is 2.32. The van der Waals surface area contributed by atoms with Gasteiger partial charge in [0, 0.05) is 5.56 Å². The summed E-state index contributed by atoms with van der Waals surface area (Å²) >= 11 is 1.44. The van der Waals surface area contributed by atoms with Crippen molar-refractivity contribution >= 4 is 28.8 Å². The number of nitrogens with zero attached hydrogens (tertiary/aromatic N) is 1. The molecule has 0 aromatic heterocycles. The molecule has 0 saturated carbocycles. The van der Waals surface area contributed by atoms with Gasteiger partial charge in [0.25, 0.3) is 5.91 Å². The summed E-state index contributed by atoms with van der Waals surface area (Å²) in [6.45, 7) is 6.39. The molecule has 1 amide bonds. The van der Waals surface area contributed by atoms with Crippen molar-refractivity contribution in [3.63, 3.8) is 0 Å². The molecule has 3 heteroatoms. The SMILES string of the molecule is Cc1ccc(C2=NC(=O)C(=Cc3ccc(C(C)C)cc3)S2)cc1. The first-order valence-corrected chi connectivity index (χ1v) is 8.54. The van der Waals surface area contributed by atoms with E-state index in [0.29, 0.717) is 10.8 Å². The van der Waals surface area contributed by atoms with E-state index in [0.717, 1.165) is 16.2 Å². The lowest BCUT2D eigenvalue weighted by molar-refractivity contribution is -0.113. The Morgan fingerprint density at radius 1 is 1.00 bits per heavy atom. The van der Waals surface area contributed by atoms with Crippen molar-refractivity contribution in [1.82, 2.24) is 0 Å². The van der Waals surface area contributed by atoms with Gasteiger partial charge in [-0.25, -0.2) is 4.99 Å². The summed E-state index contributed by atoms with van der Waals surface area (Å²) in [6, 6.07) is 16.4. The normalized spacial score (nSPS) is 16.3. The molecule has 0 bridgehead atoms. The first-order chi connectivity index (χ1) is 11.0. The van der Waals surface area contributed by atoms with Gasteiger partial charge in [-0.15, -0.1) is 0 Å². The molecule has 2 aromatic carbocycles. The topological polar surface area (TPSA) is 29.4 Å². The van der Waals surface area contributed by atoms with Gasteiger partial charge >= 0.3 is 0 Å². The van der Waals surface area contributed by atoms with Crippen LogP contribution < -0.4 is 0 Å². The molecule has 23 heavy (non-hydrogen) atoms. The van der Waals surface area contributed by atoms with Crippen LogP contribution in [-0.4, -0.2) is 11.0 Å². The molecule has 1 aliphatic rings. The molecular formula is C20H19NOS. The minimum absolute atomic E-state index is 0.154. The number of hydrogen-bond acceptors (Lipinski definition) is 2. The van der Waals surface area contributed by atoms with Crippen LogP contribution in [0.15, 0.2) is 58.4 Å². The fourth-order valence-corrected chi connectivity index (χ4v) is 3.28. The first kappa shape index (κ1) is 15.8. The third-order valence-electron chi connectivity index (χ3n) is 3.82. The number of aliphatic imine (C=N–C) groups is 1. The maximum Gasteiger partial charge on any atom is 0.284 e. The molecule has 3 rings (SSSR count). The number of aryl methyl sites for hydroxylation is 1. The molecule has 116 valence electrons. The van der Waals surface area contributed by atoms with Crippen LogP contribution in [0.3, 0.4) is 0 Å². The van der Waals surface area contributed by atoms with Crippen molar-refractivity contribution < 1.29 is 4.79 Å². The van der Waals surface area contributed by atoms with Crippen LogP contribution in [0.4, 0.5) is 0 Å². The first-order valence-electron chi connectivity index (χ1n) is 7.72. The number of benzene rings is 2. The summed E-state index contributed by atoms with van der Waals surface area (Å²) in [5, 5.41) is 0.778. The average molecular weight is 321 g/mol. The predicted molar refractivity (Wildman–Crippen MR) is 98.8 cm³/mol. The van der Waals surface area contributed by atoms with E-state index >= 15 is 0 Å². The van der Waals surface area contributed by atoms with Gasteiger partial charge in [-0.1, -0.05) is 79.7 Å². The summed E-state index contributed by atoms with van der Waals surface area (Å²) in [5.41, 5.74) is 4.52. The second-order valence-corrected chi connectivity index (χ2v) is 7.05. The minimum Gasteiger partial charge on any atom is -0.266 e. The molecule has 0 radical (unpaired) electrons. The van der Waals surface area contributed by atoms with Gasteiger partial charge in [-0.3, -0.25) is 4.79 Å². The molecule has 0 fully saturated rings. The van der Waals surface area contributed by atoms with Gasteiger partial charge < -0.3 is 0 Å². The van der Waals surface area contributed by atoms with Crippen LogP contribution in [0.2, 0.25) is 0 Å². The lowest BCUT2D eigenvalue weighted by Crippen LogP contribution is -1.90. The Balaban J connectivity index is 1.80. The highest BCUT2D eigenvalue weighted by Gasteiger charge is 2.22. The average Bonchev–Trinajstić information content (AvgIpc) is 2.89. The Bertz CT molecular complexity index is 783. The zero-order valence-electron chi connectivity index (χ0n) is 13.5. The molecule has 2 nitrogen and oxygen atoms in total. The van der Waals surface area contributed by atoms with Crippen molar-refractivity contribution in [2.24, 2.45) is 4.99 Å². The number of hydrogen-bond donors (Lipinski definition) is 0. The standard InChI is InChI=1S/C20H19NOS/c1-13(2)16-10-6-15(7-11-16)12-18-19(22)21-20(23-18)17-8-4-14(3)5-9-17/h4-13H,1-3H3. The molecule has 0 atom stereocenters. The van der Waals surface area contributed by atoms with Gasteiger partial charge in [-0.05, 0) is 30.0 Å². The number of rotatable bonds is 3. The number of carbonyl (C=O) groups excluding carboxylic acids is 1. The van der Waals surface area contributed by atoms with Crippen LogP contribution >= 0.6 is 11.8 Å². The van der Waals surface area contributed by atoms with Crippen molar-refractivity contribution in [2.45, 2.75) is 26.7 Å². The van der Waals surface area contributed by atoms with E-state index in [1.54, 1.807) is 0 Å². The predicted octanol–water partition coefficient (Wildman–Crippen LogP) is 5.18. The molecule has 0 unspecified atom stereocenters. The van der Waals surface area contributed by atoms with Gasteiger partial charge in [0.2, 0.25) is 0 Å². The van der Waals surface area contributed by atoms with E-state index < -0.39 is 0 Å². The highest BCUT2D eigenvalue weighted by molar-refractivity contribution is 8.19. The zero-order chi connectivity index (χ0) is 16.4. The van der Waals surface area contributed by atoms with Crippen LogP contribution in [0.1, 0.15) is 42.0 Å². The summed E-state index contributed by atoms with van der Waals surface area (Å²) in [5.74, 6) is 0.356. The Morgan fingerprint density at radius 2 is 1.65 bits per heavy atom. The van der Waals surface area contributed by atoms with Crippen LogP contribution in [0.25, 0.3) is 6.08 Å². The van der Waals surface area contributed by atoms with Crippen molar-refractivity contribution in [3.8, 4) is 0 Å². The second kappa shape index (κ2) is 6.55. The van der Waals surface area contributed by atoms with E-state index in [4.69, 9.17) is 0 Å². The van der Waals surface area contributed by atoms with Gasteiger partial charge in [-0.2, -0.15) is 0 Å². The molecule has 0 spiro atoms. The maximum atomic E-state index is 12.1. The van der Waals surface area contributed by atoms with Crippen molar-refractivity contribution in [1.29, 1.82) is 0 Å². The number of thioether (sulfide) groups is 1. The summed E-state index contributed by atoms with van der Waals surface area (Å²) < 4.78 is 0. The quantitative estimate of drug-likeness (QED) is 0.729. The molecule has 0 saturated heterocycles. The van der Waals surface area contributed by atoms with Crippen LogP contribution in [0.5, 0.6) is 0 Å². The largest absolute Gasteiger partial charge is 0.284 e. The molecule has 2 aromatic rings. The third kappa shape index (κ3) is 3.62. The number of amides is 1. The van der Waals surface area contributed by atoms with Crippen molar-refractivity contribution in [3.05, 3.63) is 75.7 Å². The molecule has 1 aliphatic heterocycles. The summed E-state index contributed by atoms with van der Waals surface area (Å²) in [7, 11) is 0. The van der Waals surface area contributed by atoms with Gasteiger partial charge in [0.15, 0.2) is 0 Å². The Kier molecular flexibility index (Phi) is 4.49. The fraction of sp³-hybridized carbons (Fsp3) is 0.200. The number of carbonyl (C=O) groups is 1. The molecule has 1 heterocycles. The van der Waals surface area contributed by atoms with E-state index in [-0.39, 0.29) is 5.91 Å². The van der Waals surface area contributed by atoms with Crippen LogP contribution in [-0.2, 0) is 4.79 Å². The van der Waals surface area contributed by atoms with E-state index in [1.165, 1.54) is 22.9 Å². The third-order valence-corrected chi connectivity index (χ3v) is 4.85. The smallest absolute Gasteiger partial charge is 0.266 e. The Labute approximate surface area is 141 Å². The lowest BCUT2D eigenvalue weighted by Gasteiger charge is -2.05. The monoisotopic (exact) mass is 321 g/mol. The Morgan fingerprint density at radius 3 is 2.26 bits per heavy atom. The van der Waals surface area contributed by atoms with Crippen molar-refractivity contribution in [2.75, 3.05) is 0 Å². The zero-order valence-corrected chi connectivity index (χ0v) is 14.4. The molecule has 0 aliphatic carbocycles.